The van der Waals surface area contributed by atoms with E-state index in [9.17, 15) is 13.2 Å². The second-order valence-electron chi connectivity index (χ2n) is 4.74. The van der Waals surface area contributed by atoms with Gasteiger partial charge in [0.15, 0.2) is 6.61 Å². The molecular formula is C13H16ClNO4S. The molecule has 110 valence electrons. The topological polar surface area (TPSA) is 72.5 Å². The molecule has 7 heteroatoms. The first-order chi connectivity index (χ1) is 9.44. The monoisotopic (exact) mass is 317 g/mol. The lowest BCUT2D eigenvalue weighted by molar-refractivity contribution is -0.123. The molecule has 0 aliphatic carbocycles. The number of halogens is 1. The molecule has 0 spiro atoms. The molecule has 0 atom stereocenters. The van der Waals surface area contributed by atoms with Gasteiger partial charge < -0.3 is 10.1 Å². The fourth-order valence-electron chi connectivity index (χ4n) is 1.98. The molecule has 1 fully saturated rings. The van der Waals surface area contributed by atoms with Gasteiger partial charge in [0.25, 0.3) is 5.91 Å². The SMILES string of the molecule is O=C(COc1ccc(Cl)cc1)NC1CCS(=O)(=O)CC1. The van der Waals surface area contributed by atoms with Crippen LogP contribution < -0.4 is 10.1 Å². The van der Waals surface area contributed by atoms with Gasteiger partial charge >= 0.3 is 0 Å². The fourth-order valence-corrected chi connectivity index (χ4v) is 3.60. The Hall–Kier alpha value is -1.27. The minimum Gasteiger partial charge on any atom is -0.484 e. The van der Waals surface area contributed by atoms with Crippen LogP contribution in [0.15, 0.2) is 24.3 Å². The highest BCUT2D eigenvalue weighted by atomic mass is 35.5. The van der Waals surface area contributed by atoms with Crippen molar-refractivity contribution in [3.63, 3.8) is 0 Å². The predicted octanol–water partition coefficient (Wildman–Crippen LogP) is 1.41. The second-order valence-corrected chi connectivity index (χ2v) is 7.48. The maximum Gasteiger partial charge on any atom is 0.258 e. The van der Waals surface area contributed by atoms with Gasteiger partial charge in [0.1, 0.15) is 15.6 Å². The summed E-state index contributed by atoms with van der Waals surface area (Å²) in [6.07, 6.45) is 0.935. The number of sulfone groups is 1. The highest BCUT2D eigenvalue weighted by molar-refractivity contribution is 7.91. The van der Waals surface area contributed by atoms with E-state index in [1.54, 1.807) is 24.3 Å². The molecule has 0 aromatic heterocycles. The van der Waals surface area contributed by atoms with Crippen molar-refractivity contribution < 1.29 is 17.9 Å². The Balaban J connectivity index is 1.74. The Morgan fingerprint density at radius 1 is 1.25 bits per heavy atom. The summed E-state index contributed by atoms with van der Waals surface area (Å²) in [5.41, 5.74) is 0. The lowest BCUT2D eigenvalue weighted by Crippen LogP contribution is -2.42. The van der Waals surface area contributed by atoms with Crippen LogP contribution in [0, 0.1) is 0 Å². The minimum atomic E-state index is -2.91. The molecule has 0 saturated carbocycles. The summed E-state index contributed by atoms with van der Waals surface area (Å²) in [4.78, 5) is 11.7. The van der Waals surface area contributed by atoms with Crippen molar-refractivity contribution in [2.24, 2.45) is 0 Å². The van der Waals surface area contributed by atoms with Gasteiger partial charge in [0, 0.05) is 11.1 Å². The van der Waals surface area contributed by atoms with Crippen molar-refractivity contribution in [3.05, 3.63) is 29.3 Å². The van der Waals surface area contributed by atoms with Crippen LogP contribution in [0.1, 0.15) is 12.8 Å². The Kier molecular flexibility index (Phi) is 4.88. The number of benzene rings is 1. The number of rotatable bonds is 4. The minimum absolute atomic E-state index is 0.0835. The normalized spacial score (nSPS) is 18.4. The number of hydrogen-bond acceptors (Lipinski definition) is 4. The zero-order chi connectivity index (χ0) is 14.6. The average Bonchev–Trinajstić information content (AvgIpc) is 2.41. The molecule has 5 nitrogen and oxygen atoms in total. The molecular weight excluding hydrogens is 302 g/mol. The van der Waals surface area contributed by atoms with Gasteiger partial charge in [-0.3, -0.25) is 4.79 Å². The third-order valence-electron chi connectivity index (χ3n) is 3.10. The largest absolute Gasteiger partial charge is 0.484 e. The van der Waals surface area contributed by atoms with E-state index in [4.69, 9.17) is 16.3 Å². The summed E-state index contributed by atoms with van der Waals surface area (Å²) in [5, 5.41) is 3.39. The third-order valence-corrected chi connectivity index (χ3v) is 5.07. The van der Waals surface area contributed by atoms with Crippen LogP contribution in [0.5, 0.6) is 5.75 Å². The van der Waals surface area contributed by atoms with Crippen LogP contribution in [0.3, 0.4) is 0 Å². The second kappa shape index (κ2) is 6.45. The summed E-state index contributed by atoms with van der Waals surface area (Å²) in [7, 11) is -2.91. The first-order valence-electron chi connectivity index (χ1n) is 6.33. The van der Waals surface area contributed by atoms with E-state index in [2.05, 4.69) is 5.32 Å². The zero-order valence-electron chi connectivity index (χ0n) is 10.8. The van der Waals surface area contributed by atoms with E-state index in [1.165, 1.54) is 0 Å². The molecule has 1 aliphatic rings. The Labute approximate surface area is 123 Å². The van der Waals surface area contributed by atoms with Gasteiger partial charge in [-0.05, 0) is 37.1 Å². The highest BCUT2D eigenvalue weighted by Gasteiger charge is 2.24. The highest BCUT2D eigenvalue weighted by Crippen LogP contribution is 2.15. The van der Waals surface area contributed by atoms with E-state index in [1.807, 2.05) is 0 Å². The summed E-state index contributed by atoms with van der Waals surface area (Å²) in [5.74, 6) is 0.589. The number of nitrogens with one attached hydrogen (secondary N) is 1. The molecule has 1 aromatic carbocycles. The van der Waals surface area contributed by atoms with Crippen LogP contribution in [0.4, 0.5) is 0 Å². The summed E-state index contributed by atoms with van der Waals surface area (Å²) in [6.45, 7) is -0.0924. The van der Waals surface area contributed by atoms with E-state index >= 15 is 0 Å². The molecule has 20 heavy (non-hydrogen) atoms. The lowest BCUT2D eigenvalue weighted by Gasteiger charge is -2.22. The molecule has 2 rings (SSSR count). The molecule has 1 aromatic rings. The summed E-state index contributed by atoms with van der Waals surface area (Å²) < 4.78 is 27.9. The Morgan fingerprint density at radius 3 is 2.45 bits per heavy atom. The quantitative estimate of drug-likeness (QED) is 0.911. The van der Waals surface area contributed by atoms with E-state index in [0.717, 1.165) is 0 Å². The van der Waals surface area contributed by atoms with E-state index in [0.29, 0.717) is 23.6 Å². The van der Waals surface area contributed by atoms with Crippen molar-refractivity contribution in [3.8, 4) is 5.75 Å². The van der Waals surface area contributed by atoms with E-state index < -0.39 is 9.84 Å². The molecule has 1 amide bonds. The van der Waals surface area contributed by atoms with Crippen molar-refractivity contribution in [2.75, 3.05) is 18.1 Å². The molecule has 1 N–H and O–H groups in total. The van der Waals surface area contributed by atoms with Crippen LogP contribution in [0.2, 0.25) is 5.02 Å². The van der Waals surface area contributed by atoms with Gasteiger partial charge in [-0.1, -0.05) is 11.6 Å². The molecule has 1 heterocycles. The van der Waals surface area contributed by atoms with Gasteiger partial charge in [0.2, 0.25) is 0 Å². The van der Waals surface area contributed by atoms with Crippen LogP contribution in [0.25, 0.3) is 0 Å². The number of hydrogen-bond donors (Lipinski definition) is 1. The Bertz CT molecular complexity index is 557. The van der Waals surface area contributed by atoms with Gasteiger partial charge in [0.05, 0.1) is 11.5 Å². The first-order valence-corrected chi connectivity index (χ1v) is 8.53. The van der Waals surface area contributed by atoms with Gasteiger partial charge in [-0.25, -0.2) is 8.42 Å². The molecule has 0 radical (unpaired) electrons. The summed E-state index contributed by atoms with van der Waals surface area (Å²) in [6, 6.07) is 6.65. The van der Waals surface area contributed by atoms with E-state index in [-0.39, 0.29) is 30.1 Å². The summed E-state index contributed by atoms with van der Waals surface area (Å²) >= 11 is 5.74. The van der Waals surface area contributed by atoms with Crippen molar-refractivity contribution >= 4 is 27.3 Å². The lowest BCUT2D eigenvalue weighted by atomic mass is 10.1. The standard InChI is InChI=1S/C13H16ClNO4S/c14-10-1-3-12(4-2-10)19-9-13(16)15-11-5-7-20(17,18)8-6-11/h1-4,11H,5-9H2,(H,15,16). The number of ether oxygens (including phenoxy) is 1. The maximum absolute atomic E-state index is 11.7. The van der Waals surface area contributed by atoms with Gasteiger partial charge in [-0.2, -0.15) is 0 Å². The number of carbonyl (C=O) groups is 1. The molecule has 1 saturated heterocycles. The number of amides is 1. The van der Waals surface area contributed by atoms with Crippen molar-refractivity contribution in [1.82, 2.24) is 5.32 Å². The maximum atomic E-state index is 11.7. The first kappa shape index (κ1) is 15.1. The molecule has 1 aliphatic heterocycles. The zero-order valence-corrected chi connectivity index (χ0v) is 12.4. The van der Waals surface area contributed by atoms with Crippen LogP contribution in [-0.2, 0) is 14.6 Å². The molecule has 0 bridgehead atoms. The van der Waals surface area contributed by atoms with Crippen LogP contribution >= 0.6 is 11.6 Å². The fraction of sp³-hybridized carbons (Fsp3) is 0.462. The average molecular weight is 318 g/mol. The predicted molar refractivity (Wildman–Crippen MR) is 76.8 cm³/mol. The number of carbonyl (C=O) groups excluding carboxylic acids is 1. The molecule has 0 unspecified atom stereocenters. The third kappa shape index (κ3) is 4.68. The van der Waals surface area contributed by atoms with Gasteiger partial charge in [-0.15, -0.1) is 0 Å². The van der Waals surface area contributed by atoms with Crippen molar-refractivity contribution in [2.45, 2.75) is 18.9 Å². The smallest absolute Gasteiger partial charge is 0.258 e. The Morgan fingerprint density at radius 2 is 1.85 bits per heavy atom. The van der Waals surface area contributed by atoms with Crippen molar-refractivity contribution in [1.29, 1.82) is 0 Å². The van der Waals surface area contributed by atoms with Crippen LogP contribution in [-0.4, -0.2) is 38.5 Å².